The maximum atomic E-state index is 5.60. The van der Waals surface area contributed by atoms with E-state index in [0.29, 0.717) is 17.5 Å². The Morgan fingerprint density at radius 1 is 1.35 bits per heavy atom. The van der Waals surface area contributed by atoms with Crippen LogP contribution >= 0.6 is 0 Å². The highest BCUT2D eigenvalue weighted by Gasteiger charge is 2.07. The summed E-state index contributed by atoms with van der Waals surface area (Å²) in [5.41, 5.74) is 6.99. The number of rotatable bonds is 3. The lowest BCUT2D eigenvalue weighted by Gasteiger charge is -2.10. The number of nitrogens with zero attached hydrogens (tertiary/aromatic N) is 4. The quantitative estimate of drug-likeness (QED) is 0.865. The molecule has 2 N–H and O–H groups in total. The van der Waals surface area contributed by atoms with Gasteiger partial charge in [-0.1, -0.05) is 0 Å². The molecule has 2 rings (SSSR count). The molecule has 0 aromatic carbocycles. The molecule has 0 bridgehead atoms. The number of ether oxygens (including phenoxy) is 1. The maximum Gasteiger partial charge on any atom is 0.254 e. The Morgan fingerprint density at radius 2 is 2.12 bits per heavy atom. The van der Waals surface area contributed by atoms with Crippen LogP contribution in [-0.4, -0.2) is 25.9 Å². The van der Waals surface area contributed by atoms with Gasteiger partial charge in [0.25, 0.3) is 5.95 Å². The summed E-state index contributed by atoms with van der Waals surface area (Å²) in [6, 6.07) is 1.79. The molecule has 0 aliphatic carbocycles. The van der Waals surface area contributed by atoms with E-state index in [1.54, 1.807) is 18.5 Å². The Labute approximate surface area is 99.4 Å². The minimum Gasteiger partial charge on any atom is -0.475 e. The van der Waals surface area contributed by atoms with E-state index in [-0.39, 0.29) is 6.10 Å². The smallest absolute Gasteiger partial charge is 0.254 e. The van der Waals surface area contributed by atoms with Crippen molar-refractivity contribution in [2.75, 3.05) is 5.73 Å². The van der Waals surface area contributed by atoms with Crippen molar-refractivity contribution in [1.29, 1.82) is 0 Å². The molecule has 2 aromatic rings. The number of aryl methyl sites for hydroxylation is 1. The second kappa shape index (κ2) is 4.40. The Kier molecular flexibility index (Phi) is 2.95. The number of anilines is 1. The van der Waals surface area contributed by atoms with Crippen molar-refractivity contribution < 1.29 is 4.74 Å². The molecule has 0 radical (unpaired) electrons. The largest absolute Gasteiger partial charge is 0.475 e. The molecular weight excluding hydrogens is 218 g/mol. The first-order valence-electron chi connectivity index (χ1n) is 5.37. The Morgan fingerprint density at radius 3 is 2.71 bits per heavy atom. The third-order valence-corrected chi connectivity index (χ3v) is 1.98. The number of nitrogens with two attached hydrogens (primary N) is 1. The predicted molar refractivity (Wildman–Crippen MR) is 64.1 cm³/mol. The van der Waals surface area contributed by atoms with Gasteiger partial charge in [-0.05, 0) is 20.8 Å². The lowest BCUT2D eigenvalue weighted by molar-refractivity contribution is 0.231. The summed E-state index contributed by atoms with van der Waals surface area (Å²) in [7, 11) is 0. The predicted octanol–water partition coefficient (Wildman–Crippen LogP) is 1.34. The molecule has 0 fully saturated rings. The molecule has 0 spiro atoms. The van der Waals surface area contributed by atoms with Gasteiger partial charge in [0.15, 0.2) is 0 Å². The van der Waals surface area contributed by atoms with E-state index in [1.165, 1.54) is 4.68 Å². The number of hydrogen-bond acceptors (Lipinski definition) is 5. The van der Waals surface area contributed by atoms with E-state index >= 15 is 0 Å². The molecule has 90 valence electrons. The van der Waals surface area contributed by atoms with Crippen molar-refractivity contribution in [1.82, 2.24) is 19.7 Å². The SMILES string of the molecule is Cc1cc(OC(C)C)nc(-n2cc(N)cn2)n1. The summed E-state index contributed by atoms with van der Waals surface area (Å²) in [5.74, 6) is 0.994. The minimum atomic E-state index is 0.0693. The van der Waals surface area contributed by atoms with E-state index in [2.05, 4.69) is 15.1 Å². The molecule has 0 aliphatic rings. The van der Waals surface area contributed by atoms with E-state index in [9.17, 15) is 0 Å². The van der Waals surface area contributed by atoms with Crippen LogP contribution in [0.4, 0.5) is 5.69 Å². The van der Waals surface area contributed by atoms with Crippen molar-refractivity contribution in [2.24, 2.45) is 0 Å². The summed E-state index contributed by atoms with van der Waals surface area (Å²) in [4.78, 5) is 8.55. The Hall–Kier alpha value is -2.11. The maximum absolute atomic E-state index is 5.60. The zero-order valence-electron chi connectivity index (χ0n) is 10.1. The van der Waals surface area contributed by atoms with Crippen molar-refractivity contribution in [2.45, 2.75) is 26.9 Å². The fourth-order valence-corrected chi connectivity index (χ4v) is 1.37. The van der Waals surface area contributed by atoms with Gasteiger partial charge in [-0.25, -0.2) is 9.67 Å². The van der Waals surface area contributed by atoms with Gasteiger partial charge in [0.2, 0.25) is 5.88 Å². The molecule has 0 aliphatic heterocycles. The van der Waals surface area contributed by atoms with Gasteiger partial charge in [-0.2, -0.15) is 10.1 Å². The number of aromatic nitrogens is 4. The molecule has 0 unspecified atom stereocenters. The molecule has 2 aromatic heterocycles. The van der Waals surface area contributed by atoms with Gasteiger partial charge >= 0.3 is 0 Å². The summed E-state index contributed by atoms with van der Waals surface area (Å²) < 4.78 is 7.06. The van der Waals surface area contributed by atoms with Crippen molar-refractivity contribution in [3.8, 4) is 11.8 Å². The molecule has 2 heterocycles. The van der Waals surface area contributed by atoms with Crippen LogP contribution in [0.25, 0.3) is 5.95 Å². The fourth-order valence-electron chi connectivity index (χ4n) is 1.37. The average Bonchev–Trinajstić information content (AvgIpc) is 2.62. The number of nitrogen functional groups attached to an aromatic ring is 1. The molecule has 6 nitrogen and oxygen atoms in total. The van der Waals surface area contributed by atoms with Gasteiger partial charge in [-0.15, -0.1) is 0 Å². The Balaban J connectivity index is 2.37. The molecule has 17 heavy (non-hydrogen) atoms. The van der Waals surface area contributed by atoms with Crippen LogP contribution in [0.2, 0.25) is 0 Å². The van der Waals surface area contributed by atoms with Crippen molar-refractivity contribution >= 4 is 5.69 Å². The highest BCUT2D eigenvalue weighted by Crippen LogP contribution is 2.13. The molecular formula is C11H15N5O. The van der Waals surface area contributed by atoms with Crippen molar-refractivity contribution in [3.05, 3.63) is 24.2 Å². The lowest BCUT2D eigenvalue weighted by Crippen LogP contribution is -2.10. The first-order valence-corrected chi connectivity index (χ1v) is 5.37. The van der Waals surface area contributed by atoms with Crippen LogP contribution in [0.5, 0.6) is 5.88 Å². The lowest BCUT2D eigenvalue weighted by atomic mass is 10.4. The monoisotopic (exact) mass is 233 g/mol. The van der Waals surface area contributed by atoms with E-state index in [1.807, 2.05) is 20.8 Å². The molecule has 0 saturated heterocycles. The summed E-state index contributed by atoms with van der Waals surface area (Å²) in [6.07, 6.45) is 3.28. The van der Waals surface area contributed by atoms with Crippen LogP contribution < -0.4 is 10.5 Å². The van der Waals surface area contributed by atoms with Gasteiger partial charge in [0.05, 0.1) is 24.2 Å². The highest BCUT2D eigenvalue weighted by atomic mass is 16.5. The van der Waals surface area contributed by atoms with Crippen LogP contribution in [0, 0.1) is 6.92 Å². The van der Waals surface area contributed by atoms with Gasteiger partial charge in [0, 0.05) is 11.8 Å². The van der Waals surface area contributed by atoms with Crippen LogP contribution in [0.15, 0.2) is 18.5 Å². The van der Waals surface area contributed by atoms with E-state index < -0.39 is 0 Å². The molecule has 6 heteroatoms. The summed E-state index contributed by atoms with van der Waals surface area (Å²) in [5, 5.41) is 4.06. The van der Waals surface area contributed by atoms with E-state index in [0.717, 1.165) is 5.69 Å². The standard InChI is InChI=1S/C11H15N5O/c1-7(2)17-10-4-8(3)14-11(15-10)16-6-9(12)5-13-16/h4-7H,12H2,1-3H3. The van der Waals surface area contributed by atoms with Crippen molar-refractivity contribution in [3.63, 3.8) is 0 Å². The third kappa shape index (κ3) is 2.72. The third-order valence-electron chi connectivity index (χ3n) is 1.98. The first-order chi connectivity index (χ1) is 8.04. The van der Waals surface area contributed by atoms with Gasteiger partial charge < -0.3 is 10.5 Å². The zero-order chi connectivity index (χ0) is 12.4. The van der Waals surface area contributed by atoms with Gasteiger partial charge in [-0.3, -0.25) is 0 Å². The van der Waals surface area contributed by atoms with Crippen LogP contribution in [0.3, 0.4) is 0 Å². The van der Waals surface area contributed by atoms with Crippen LogP contribution in [-0.2, 0) is 0 Å². The fraction of sp³-hybridized carbons (Fsp3) is 0.364. The first kappa shape index (κ1) is 11.4. The molecule has 0 saturated carbocycles. The van der Waals surface area contributed by atoms with Crippen LogP contribution in [0.1, 0.15) is 19.5 Å². The Bertz CT molecular complexity index is 520. The van der Waals surface area contributed by atoms with E-state index in [4.69, 9.17) is 10.5 Å². The second-order valence-corrected chi connectivity index (χ2v) is 4.03. The average molecular weight is 233 g/mol. The van der Waals surface area contributed by atoms with Gasteiger partial charge in [0.1, 0.15) is 0 Å². The molecule has 0 atom stereocenters. The summed E-state index contributed by atoms with van der Waals surface area (Å²) >= 11 is 0. The normalized spacial score (nSPS) is 10.8. The minimum absolute atomic E-state index is 0.0693. The summed E-state index contributed by atoms with van der Waals surface area (Å²) in [6.45, 7) is 5.78. The highest BCUT2D eigenvalue weighted by molar-refractivity contribution is 5.34. The number of hydrogen-bond donors (Lipinski definition) is 1. The zero-order valence-corrected chi connectivity index (χ0v) is 10.1. The topological polar surface area (TPSA) is 78.9 Å². The molecule has 0 amide bonds. The second-order valence-electron chi connectivity index (χ2n) is 4.03.